The second kappa shape index (κ2) is 8.31. The summed E-state index contributed by atoms with van der Waals surface area (Å²) in [6.07, 6.45) is -4.79. The lowest BCUT2D eigenvalue weighted by Crippen LogP contribution is -2.45. The van der Waals surface area contributed by atoms with Gasteiger partial charge < -0.3 is 20.1 Å². The zero-order valence-electron chi connectivity index (χ0n) is 14.6. The van der Waals surface area contributed by atoms with Crippen molar-refractivity contribution in [3.8, 4) is 5.75 Å². The summed E-state index contributed by atoms with van der Waals surface area (Å²) in [6, 6.07) is 3.50. The third kappa shape index (κ3) is 6.56. The highest BCUT2D eigenvalue weighted by Gasteiger charge is 2.34. The van der Waals surface area contributed by atoms with Gasteiger partial charge in [-0.05, 0) is 24.3 Å². The summed E-state index contributed by atoms with van der Waals surface area (Å²) in [4.78, 5) is 12.1. The van der Waals surface area contributed by atoms with Crippen LogP contribution in [0.4, 0.5) is 23.7 Å². The molecular formula is C15H20F3N3O5S. The lowest BCUT2D eigenvalue weighted by atomic mass is 10.1. The van der Waals surface area contributed by atoms with Gasteiger partial charge in [0.25, 0.3) is 0 Å². The maximum Gasteiger partial charge on any atom is 0.573 e. The minimum Gasteiger partial charge on any atom is -0.406 e. The summed E-state index contributed by atoms with van der Waals surface area (Å²) in [5, 5.41) is 5.09. The molecule has 12 heteroatoms. The molecule has 0 saturated carbocycles. The van der Waals surface area contributed by atoms with E-state index in [1.165, 1.54) is 26.2 Å². The van der Waals surface area contributed by atoms with Gasteiger partial charge in [-0.2, -0.15) is 0 Å². The van der Waals surface area contributed by atoms with E-state index in [2.05, 4.69) is 15.4 Å². The second-order valence-corrected chi connectivity index (χ2v) is 8.36. The average Bonchev–Trinajstić information content (AvgIpc) is 2.94. The zero-order valence-corrected chi connectivity index (χ0v) is 15.4. The van der Waals surface area contributed by atoms with E-state index in [1.54, 1.807) is 0 Å². The molecule has 0 bridgehead atoms. The Morgan fingerprint density at radius 1 is 1.26 bits per heavy atom. The number of carbonyl (C=O) groups excluding carboxylic acids is 1. The minimum atomic E-state index is -4.79. The first-order valence-corrected chi connectivity index (χ1v) is 9.48. The summed E-state index contributed by atoms with van der Waals surface area (Å²) in [5.41, 5.74) is 0.249. The number of halogens is 3. The molecule has 1 saturated heterocycles. The van der Waals surface area contributed by atoms with Crippen molar-refractivity contribution in [3.05, 3.63) is 24.3 Å². The molecule has 0 aliphatic carbocycles. The largest absolute Gasteiger partial charge is 0.573 e. The van der Waals surface area contributed by atoms with E-state index in [1.807, 2.05) is 0 Å². The molecular weight excluding hydrogens is 391 g/mol. The normalized spacial score (nSPS) is 20.5. The predicted molar refractivity (Wildman–Crippen MR) is 90.9 cm³/mol. The molecule has 1 aromatic rings. The summed E-state index contributed by atoms with van der Waals surface area (Å²) in [5.74, 6) is -0.994. The molecule has 8 nitrogen and oxygen atoms in total. The van der Waals surface area contributed by atoms with Gasteiger partial charge >= 0.3 is 12.4 Å². The maximum atomic E-state index is 12.1. The number of alkyl halides is 3. The van der Waals surface area contributed by atoms with Gasteiger partial charge in [0.1, 0.15) is 5.75 Å². The molecule has 2 N–H and O–H groups in total. The van der Waals surface area contributed by atoms with Crippen LogP contribution < -0.4 is 15.4 Å². The van der Waals surface area contributed by atoms with Crippen LogP contribution >= 0.6 is 0 Å². The van der Waals surface area contributed by atoms with Gasteiger partial charge in [-0.15, -0.1) is 13.2 Å². The van der Waals surface area contributed by atoms with Crippen molar-refractivity contribution in [1.82, 2.24) is 9.62 Å². The highest BCUT2D eigenvalue weighted by Crippen LogP contribution is 2.24. The number of carbonyl (C=O) groups is 1. The minimum absolute atomic E-state index is 0.166. The monoisotopic (exact) mass is 411 g/mol. The number of benzene rings is 1. The molecule has 1 heterocycles. The van der Waals surface area contributed by atoms with Crippen molar-refractivity contribution >= 4 is 21.7 Å². The standard InChI is InChI=1S/C15H20F3N3O5S/c1-21(2)27(23,24)9-10-7-25-8-13(10)20-14(22)19-11-3-5-12(6-4-11)26-15(16,17)18/h3-6,10,13H,7-9H2,1-2H3,(H2,19,20,22)/t10-,13+/m0/s1. The van der Waals surface area contributed by atoms with Gasteiger partial charge in [-0.1, -0.05) is 0 Å². The highest BCUT2D eigenvalue weighted by molar-refractivity contribution is 7.89. The Kier molecular flexibility index (Phi) is 6.54. The van der Waals surface area contributed by atoms with Crippen LogP contribution in [-0.2, 0) is 14.8 Å². The van der Waals surface area contributed by atoms with Crippen LogP contribution in [0, 0.1) is 5.92 Å². The third-order valence-corrected chi connectivity index (χ3v) is 5.80. The SMILES string of the molecule is CN(C)S(=O)(=O)C[C@@H]1COC[C@H]1NC(=O)Nc1ccc(OC(F)(F)F)cc1. The van der Waals surface area contributed by atoms with Crippen LogP contribution in [0.1, 0.15) is 0 Å². The smallest absolute Gasteiger partial charge is 0.406 e. The van der Waals surface area contributed by atoms with Gasteiger partial charge in [-0.25, -0.2) is 17.5 Å². The van der Waals surface area contributed by atoms with Crippen LogP contribution in [0.15, 0.2) is 24.3 Å². The maximum absolute atomic E-state index is 12.1. The first kappa shape index (κ1) is 21.3. The first-order valence-electron chi connectivity index (χ1n) is 7.87. The van der Waals surface area contributed by atoms with Crippen molar-refractivity contribution < 1.29 is 35.9 Å². The second-order valence-electron chi connectivity index (χ2n) is 6.14. The Labute approximate surface area is 154 Å². The molecule has 1 aromatic carbocycles. The van der Waals surface area contributed by atoms with Crippen LogP contribution in [0.5, 0.6) is 5.75 Å². The lowest BCUT2D eigenvalue weighted by Gasteiger charge is -2.21. The third-order valence-electron chi connectivity index (χ3n) is 3.84. The summed E-state index contributed by atoms with van der Waals surface area (Å²) in [7, 11) is -0.607. The number of hydrogen-bond donors (Lipinski definition) is 2. The molecule has 2 amide bonds. The van der Waals surface area contributed by atoms with Crippen molar-refractivity contribution in [2.24, 2.45) is 5.92 Å². The van der Waals surface area contributed by atoms with Crippen LogP contribution in [0.2, 0.25) is 0 Å². The number of sulfonamides is 1. The Bertz CT molecular complexity index is 753. The topological polar surface area (TPSA) is 97.0 Å². The fourth-order valence-corrected chi connectivity index (χ4v) is 3.59. The van der Waals surface area contributed by atoms with Gasteiger partial charge in [-0.3, -0.25) is 0 Å². The van der Waals surface area contributed by atoms with Crippen LogP contribution in [-0.4, -0.2) is 64.2 Å². The Morgan fingerprint density at radius 2 is 1.89 bits per heavy atom. The summed E-state index contributed by atoms with van der Waals surface area (Å²) < 4.78 is 70.5. The number of amides is 2. The number of ether oxygens (including phenoxy) is 2. The molecule has 0 spiro atoms. The van der Waals surface area contributed by atoms with Gasteiger partial charge in [0, 0.05) is 25.7 Å². The van der Waals surface area contributed by atoms with Gasteiger partial charge in [0.05, 0.1) is 25.0 Å². The Morgan fingerprint density at radius 3 is 2.44 bits per heavy atom. The molecule has 0 aromatic heterocycles. The lowest BCUT2D eigenvalue weighted by molar-refractivity contribution is -0.274. The Balaban J connectivity index is 1.91. The number of nitrogens with one attached hydrogen (secondary N) is 2. The molecule has 0 unspecified atom stereocenters. The number of anilines is 1. The van der Waals surface area contributed by atoms with E-state index >= 15 is 0 Å². The molecule has 27 heavy (non-hydrogen) atoms. The first-order chi connectivity index (χ1) is 12.5. The van der Waals surface area contributed by atoms with E-state index in [9.17, 15) is 26.4 Å². The van der Waals surface area contributed by atoms with Crippen LogP contribution in [0.25, 0.3) is 0 Å². The number of urea groups is 1. The fourth-order valence-electron chi connectivity index (χ4n) is 2.42. The van der Waals surface area contributed by atoms with E-state index in [-0.39, 0.29) is 24.7 Å². The summed E-state index contributed by atoms with van der Waals surface area (Å²) >= 11 is 0. The summed E-state index contributed by atoms with van der Waals surface area (Å²) in [6.45, 7) is 0.362. The molecule has 2 atom stereocenters. The molecule has 152 valence electrons. The molecule has 1 fully saturated rings. The number of nitrogens with zero attached hydrogens (tertiary/aromatic N) is 1. The van der Waals surface area contributed by atoms with Crippen molar-refractivity contribution in [3.63, 3.8) is 0 Å². The quantitative estimate of drug-likeness (QED) is 0.742. The van der Waals surface area contributed by atoms with Crippen molar-refractivity contribution in [2.75, 3.05) is 38.4 Å². The zero-order chi connectivity index (χ0) is 20.2. The Hall–Kier alpha value is -2.05. The van der Waals surface area contributed by atoms with Gasteiger partial charge in [0.15, 0.2) is 0 Å². The van der Waals surface area contributed by atoms with E-state index in [0.717, 1.165) is 16.4 Å². The van der Waals surface area contributed by atoms with Crippen molar-refractivity contribution in [2.45, 2.75) is 12.4 Å². The van der Waals surface area contributed by atoms with Crippen molar-refractivity contribution in [1.29, 1.82) is 0 Å². The van der Waals surface area contributed by atoms with E-state index in [0.29, 0.717) is 0 Å². The van der Waals surface area contributed by atoms with Gasteiger partial charge in [0.2, 0.25) is 10.0 Å². The molecule has 1 aliphatic heterocycles. The highest BCUT2D eigenvalue weighted by atomic mass is 32.2. The fraction of sp³-hybridized carbons (Fsp3) is 0.533. The number of hydrogen-bond acceptors (Lipinski definition) is 5. The molecule has 0 radical (unpaired) electrons. The average molecular weight is 411 g/mol. The molecule has 2 rings (SSSR count). The van der Waals surface area contributed by atoms with E-state index < -0.39 is 40.1 Å². The van der Waals surface area contributed by atoms with E-state index in [4.69, 9.17) is 4.74 Å². The van der Waals surface area contributed by atoms with Crippen LogP contribution in [0.3, 0.4) is 0 Å². The number of rotatable bonds is 6. The molecule has 1 aliphatic rings. The predicted octanol–water partition coefficient (Wildman–Crippen LogP) is 1.61.